The number of carbonyl (C=O) groups excluding carboxylic acids is 3. The molecule has 2 amide bonds. The van der Waals surface area contributed by atoms with Crippen LogP contribution in [0.4, 0.5) is 10.1 Å². The zero-order valence-corrected chi connectivity index (χ0v) is 15.4. The smallest absolute Gasteiger partial charge is 0.319 e. The van der Waals surface area contributed by atoms with Crippen LogP contribution in [0, 0.1) is 5.82 Å². The Kier molecular flexibility index (Phi) is 7.90. The molecule has 0 spiro atoms. The van der Waals surface area contributed by atoms with E-state index in [0.717, 1.165) is 37.4 Å². The largest absolute Gasteiger partial charge is 0.455 e. The lowest BCUT2D eigenvalue weighted by molar-refractivity contribution is -0.147. The second kappa shape index (κ2) is 10.2. The van der Waals surface area contributed by atoms with Gasteiger partial charge >= 0.3 is 5.97 Å². The first-order chi connectivity index (χ1) is 12.4. The highest BCUT2D eigenvalue weighted by Gasteiger charge is 2.20. The number of ether oxygens (including phenoxy) is 1. The van der Waals surface area contributed by atoms with E-state index in [4.69, 9.17) is 4.74 Å². The van der Waals surface area contributed by atoms with E-state index >= 15 is 0 Å². The molecule has 2 rings (SSSR count). The third-order valence-corrected chi connectivity index (χ3v) is 5.11. The molecule has 1 aromatic rings. The van der Waals surface area contributed by atoms with Crippen molar-refractivity contribution in [1.29, 1.82) is 0 Å². The number of thioether (sulfide) groups is 1. The van der Waals surface area contributed by atoms with Gasteiger partial charge in [0.15, 0.2) is 6.61 Å². The molecule has 0 unspecified atom stereocenters. The minimum absolute atomic E-state index is 0.0436. The van der Waals surface area contributed by atoms with Gasteiger partial charge in [0.05, 0.1) is 5.75 Å². The van der Waals surface area contributed by atoms with Crippen molar-refractivity contribution in [2.45, 2.75) is 43.9 Å². The zero-order valence-electron chi connectivity index (χ0n) is 14.6. The maximum absolute atomic E-state index is 12.8. The topological polar surface area (TPSA) is 84.5 Å². The zero-order chi connectivity index (χ0) is 18.9. The first-order valence-electron chi connectivity index (χ1n) is 8.57. The summed E-state index contributed by atoms with van der Waals surface area (Å²) < 4.78 is 17.8. The van der Waals surface area contributed by atoms with E-state index in [-0.39, 0.29) is 36.0 Å². The van der Waals surface area contributed by atoms with Crippen LogP contribution >= 0.6 is 11.8 Å². The number of hydrogen-bond acceptors (Lipinski definition) is 5. The van der Waals surface area contributed by atoms with Gasteiger partial charge in [-0.3, -0.25) is 14.4 Å². The molecular weight excluding hydrogens is 359 g/mol. The Morgan fingerprint density at radius 2 is 1.85 bits per heavy atom. The number of anilines is 1. The van der Waals surface area contributed by atoms with Crippen LogP contribution in [0.5, 0.6) is 0 Å². The van der Waals surface area contributed by atoms with E-state index < -0.39 is 11.2 Å². The molecule has 1 aliphatic carbocycles. The minimum atomic E-state index is -0.576. The van der Waals surface area contributed by atoms with E-state index in [1.807, 2.05) is 0 Å². The number of esters is 1. The molecule has 0 heterocycles. The van der Waals surface area contributed by atoms with Crippen molar-refractivity contribution in [2.75, 3.05) is 17.7 Å². The summed E-state index contributed by atoms with van der Waals surface area (Å²) in [5, 5.41) is 4.88. The lowest BCUT2D eigenvalue weighted by Gasteiger charge is -2.14. The van der Waals surface area contributed by atoms with Gasteiger partial charge in [-0.1, -0.05) is 12.8 Å². The van der Waals surface area contributed by atoms with E-state index in [1.165, 1.54) is 24.3 Å². The van der Waals surface area contributed by atoms with Crippen LogP contribution in [0.2, 0.25) is 0 Å². The highest BCUT2D eigenvalue weighted by atomic mass is 32.2. The maximum atomic E-state index is 12.8. The molecule has 1 atom stereocenters. The summed E-state index contributed by atoms with van der Waals surface area (Å²) >= 11 is 1.11. The Morgan fingerprint density at radius 3 is 2.50 bits per heavy atom. The Balaban J connectivity index is 1.63. The molecule has 142 valence electrons. The number of rotatable bonds is 8. The van der Waals surface area contributed by atoms with E-state index in [2.05, 4.69) is 10.6 Å². The minimum Gasteiger partial charge on any atom is -0.455 e. The number of halogens is 1. The number of carbonyl (C=O) groups is 3. The number of nitrogens with one attached hydrogen (secondary N) is 2. The predicted molar refractivity (Wildman–Crippen MR) is 98.3 cm³/mol. The number of hydrogen-bond donors (Lipinski definition) is 2. The molecule has 1 fully saturated rings. The van der Waals surface area contributed by atoms with Crippen molar-refractivity contribution in [1.82, 2.24) is 5.32 Å². The summed E-state index contributed by atoms with van der Waals surface area (Å²) in [7, 11) is 0. The summed E-state index contributed by atoms with van der Waals surface area (Å²) in [6.45, 7) is 1.31. The third-order valence-electron chi connectivity index (χ3n) is 3.99. The average molecular weight is 382 g/mol. The Morgan fingerprint density at radius 1 is 1.19 bits per heavy atom. The standard InChI is InChI=1S/C18H23FN2O4S/c1-12(18(24)25-10-16(22)20-14-4-2-3-5-14)26-11-17(23)21-15-8-6-13(19)7-9-15/h6-9,12,14H,2-5,10-11H2,1H3,(H,20,22)(H,21,23)/t12-/m1/s1. The monoisotopic (exact) mass is 382 g/mol. The SMILES string of the molecule is C[C@@H](SCC(=O)Nc1ccc(F)cc1)C(=O)OCC(=O)NC1CCCC1. The summed E-state index contributed by atoms with van der Waals surface area (Å²) in [5.41, 5.74) is 0.482. The van der Waals surface area contributed by atoms with Crippen LogP contribution in [0.25, 0.3) is 0 Å². The number of amides is 2. The molecule has 0 radical (unpaired) electrons. The van der Waals surface area contributed by atoms with Crippen molar-refractivity contribution in [2.24, 2.45) is 0 Å². The fraction of sp³-hybridized carbons (Fsp3) is 0.500. The summed E-state index contributed by atoms with van der Waals surface area (Å²) in [4.78, 5) is 35.5. The van der Waals surface area contributed by atoms with Crippen LogP contribution in [-0.4, -0.2) is 41.4 Å². The second-order valence-corrected chi connectivity index (χ2v) is 7.49. The Hall–Kier alpha value is -2.09. The number of benzene rings is 1. The molecule has 6 nitrogen and oxygen atoms in total. The molecule has 1 aliphatic rings. The van der Waals surface area contributed by atoms with Crippen LogP contribution in [0.3, 0.4) is 0 Å². The maximum Gasteiger partial charge on any atom is 0.319 e. The van der Waals surface area contributed by atoms with Gasteiger partial charge in [-0.2, -0.15) is 0 Å². The molecule has 1 saturated carbocycles. The second-order valence-electron chi connectivity index (χ2n) is 6.16. The predicted octanol–water partition coefficient (Wildman–Crippen LogP) is 2.49. The molecule has 0 bridgehead atoms. The van der Waals surface area contributed by atoms with Gasteiger partial charge in [-0.15, -0.1) is 11.8 Å². The van der Waals surface area contributed by atoms with Crippen molar-refractivity contribution in [3.8, 4) is 0 Å². The van der Waals surface area contributed by atoms with E-state index in [1.54, 1.807) is 6.92 Å². The van der Waals surface area contributed by atoms with Gasteiger partial charge in [0, 0.05) is 11.7 Å². The average Bonchev–Trinajstić information content (AvgIpc) is 3.12. The van der Waals surface area contributed by atoms with Crippen LogP contribution < -0.4 is 10.6 Å². The Labute approximate surface area is 156 Å². The van der Waals surface area contributed by atoms with Crippen molar-refractivity contribution >= 4 is 35.2 Å². The molecule has 8 heteroatoms. The molecule has 0 saturated heterocycles. The molecule has 0 aromatic heterocycles. The van der Waals surface area contributed by atoms with Gasteiger partial charge in [0.1, 0.15) is 11.1 Å². The highest BCUT2D eigenvalue weighted by molar-refractivity contribution is 8.01. The van der Waals surface area contributed by atoms with Gasteiger partial charge in [0.25, 0.3) is 5.91 Å². The van der Waals surface area contributed by atoms with E-state index in [0.29, 0.717) is 5.69 Å². The summed E-state index contributed by atoms with van der Waals surface area (Å²) in [6.07, 6.45) is 4.15. The fourth-order valence-electron chi connectivity index (χ4n) is 2.59. The molecule has 1 aromatic carbocycles. The lowest BCUT2D eigenvalue weighted by atomic mass is 10.2. The van der Waals surface area contributed by atoms with Crippen molar-refractivity contribution in [3.05, 3.63) is 30.1 Å². The van der Waals surface area contributed by atoms with Gasteiger partial charge in [-0.05, 0) is 44.0 Å². The third kappa shape index (κ3) is 7.03. The van der Waals surface area contributed by atoms with Gasteiger partial charge < -0.3 is 15.4 Å². The van der Waals surface area contributed by atoms with Gasteiger partial charge in [0.2, 0.25) is 5.91 Å². The first-order valence-corrected chi connectivity index (χ1v) is 9.62. The highest BCUT2D eigenvalue weighted by Crippen LogP contribution is 2.17. The fourth-order valence-corrected chi connectivity index (χ4v) is 3.27. The molecule has 0 aliphatic heterocycles. The van der Waals surface area contributed by atoms with Crippen LogP contribution in [0.15, 0.2) is 24.3 Å². The lowest BCUT2D eigenvalue weighted by Crippen LogP contribution is -2.36. The van der Waals surface area contributed by atoms with E-state index in [9.17, 15) is 18.8 Å². The van der Waals surface area contributed by atoms with Crippen LogP contribution in [-0.2, 0) is 19.1 Å². The Bertz CT molecular complexity index is 633. The summed E-state index contributed by atoms with van der Waals surface area (Å²) in [5.74, 6) is -1.48. The quantitative estimate of drug-likeness (QED) is 0.675. The van der Waals surface area contributed by atoms with Crippen molar-refractivity contribution < 1.29 is 23.5 Å². The summed E-state index contributed by atoms with van der Waals surface area (Å²) in [6, 6.07) is 5.60. The molecule has 2 N–H and O–H groups in total. The first kappa shape index (κ1) is 20.2. The van der Waals surface area contributed by atoms with Crippen LogP contribution in [0.1, 0.15) is 32.6 Å². The molecule has 26 heavy (non-hydrogen) atoms. The normalized spacial score (nSPS) is 15.3. The van der Waals surface area contributed by atoms with Crippen molar-refractivity contribution in [3.63, 3.8) is 0 Å². The molecular formula is C18H23FN2O4S. The van der Waals surface area contributed by atoms with Gasteiger partial charge in [-0.25, -0.2) is 4.39 Å².